The Bertz CT molecular complexity index is 557. The van der Waals surface area contributed by atoms with Crippen LogP contribution in [0.2, 0.25) is 0 Å². The van der Waals surface area contributed by atoms with Crippen molar-refractivity contribution >= 4 is 5.95 Å². The molecule has 0 aliphatic heterocycles. The first-order valence-corrected chi connectivity index (χ1v) is 5.09. The Kier molecular flexibility index (Phi) is 2.91. The van der Waals surface area contributed by atoms with Crippen LogP contribution in [0.5, 0.6) is 11.6 Å². The lowest BCUT2D eigenvalue weighted by molar-refractivity contribution is 0.420. The van der Waals surface area contributed by atoms with Crippen molar-refractivity contribution in [3.05, 3.63) is 41.3 Å². The maximum atomic E-state index is 13.3. The number of aromatic nitrogens is 2. The lowest BCUT2D eigenvalue weighted by Crippen LogP contribution is -1.99. The van der Waals surface area contributed by atoms with Gasteiger partial charge in [0.1, 0.15) is 5.75 Å². The van der Waals surface area contributed by atoms with E-state index < -0.39 is 5.82 Å². The van der Waals surface area contributed by atoms with Gasteiger partial charge < -0.3 is 10.5 Å². The van der Waals surface area contributed by atoms with Crippen LogP contribution in [0.15, 0.2) is 24.4 Å². The van der Waals surface area contributed by atoms with Gasteiger partial charge in [0.2, 0.25) is 11.8 Å². The van der Waals surface area contributed by atoms with Gasteiger partial charge in [-0.1, -0.05) is 6.07 Å². The molecule has 0 unspecified atom stereocenters. The summed E-state index contributed by atoms with van der Waals surface area (Å²) in [6.07, 6.45) is 0.985. The van der Waals surface area contributed by atoms with Crippen molar-refractivity contribution in [3.8, 4) is 11.6 Å². The van der Waals surface area contributed by atoms with Gasteiger partial charge in [-0.25, -0.2) is 4.98 Å². The normalized spacial score (nSPS) is 10.3. The number of ether oxygens (including phenoxy) is 1. The largest absolute Gasteiger partial charge is 0.436 e. The van der Waals surface area contributed by atoms with E-state index in [1.165, 1.54) is 0 Å². The zero-order valence-corrected chi connectivity index (χ0v) is 9.57. The second kappa shape index (κ2) is 4.37. The van der Waals surface area contributed by atoms with Crippen LogP contribution in [0.25, 0.3) is 0 Å². The Hall–Kier alpha value is -2.17. The Morgan fingerprint density at radius 3 is 2.71 bits per heavy atom. The summed E-state index contributed by atoms with van der Waals surface area (Å²) in [4.78, 5) is 7.21. The van der Waals surface area contributed by atoms with E-state index in [0.717, 1.165) is 17.3 Å². The molecular weight excluding hydrogens is 221 g/mol. The molecule has 2 aromatic rings. The summed E-state index contributed by atoms with van der Waals surface area (Å²) >= 11 is 0. The van der Waals surface area contributed by atoms with Gasteiger partial charge in [0.15, 0.2) is 0 Å². The predicted molar refractivity (Wildman–Crippen MR) is 62.4 cm³/mol. The van der Waals surface area contributed by atoms with Gasteiger partial charge in [-0.3, -0.25) is 0 Å². The van der Waals surface area contributed by atoms with Crippen LogP contribution in [0, 0.1) is 19.7 Å². The summed E-state index contributed by atoms with van der Waals surface area (Å²) in [5.41, 5.74) is 7.57. The molecule has 0 aliphatic carbocycles. The van der Waals surface area contributed by atoms with Gasteiger partial charge in [0.05, 0.1) is 6.20 Å². The third-order valence-electron chi connectivity index (χ3n) is 2.42. The molecule has 2 rings (SSSR count). The number of hydrogen-bond acceptors (Lipinski definition) is 4. The minimum absolute atomic E-state index is 0.0229. The van der Waals surface area contributed by atoms with Gasteiger partial charge in [0, 0.05) is 0 Å². The summed E-state index contributed by atoms with van der Waals surface area (Å²) in [6, 6.07) is 5.46. The Morgan fingerprint density at radius 2 is 2.00 bits per heavy atom. The van der Waals surface area contributed by atoms with Crippen LogP contribution in [0.4, 0.5) is 10.3 Å². The number of halogens is 1. The molecule has 5 heteroatoms. The number of aryl methyl sites for hydroxylation is 2. The molecule has 4 nitrogen and oxygen atoms in total. The highest BCUT2D eigenvalue weighted by Gasteiger charge is 2.08. The van der Waals surface area contributed by atoms with Crippen molar-refractivity contribution < 1.29 is 9.13 Å². The highest BCUT2D eigenvalue weighted by Crippen LogP contribution is 2.24. The maximum Gasteiger partial charge on any atom is 0.260 e. The molecule has 88 valence electrons. The lowest BCUT2D eigenvalue weighted by Gasteiger charge is -2.07. The molecule has 0 saturated heterocycles. The van der Waals surface area contributed by atoms with Crippen molar-refractivity contribution in [2.45, 2.75) is 13.8 Å². The summed E-state index contributed by atoms with van der Waals surface area (Å²) in [5.74, 6) is -0.312. The molecule has 0 fully saturated rings. The van der Waals surface area contributed by atoms with Gasteiger partial charge in [-0.05, 0) is 37.1 Å². The monoisotopic (exact) mass is 233 g/mol. The number of nitrogens with two attached hydrogens (primary N) is 1. The topological polar surface area (TPSA) is 61.0 Å². The van der Waals surface area contributed by atoms with Crippen molar-refractivity contribution in [2.24, 2.45) is 0 Å². The number of nitrogens with zero attached hydrogens (tertiary/aromatic N) is 2. The fourth-order valence-corrected chi connectivity index (χ4v) is 1.32. The molecule has 0 bridgehead atoms. The van der Waals surface area contributed by atoms with E-state index in [1.807, 2.05) is 26.0 Å². The van der Waals surface area contributed by atoms with E-state index in [1.54, 1.807) is 6.07 Å². The molecule has 1 aromatic heterocycles. The molecule has 0 aliphatic rings. The summed E-state index contributed by atoms with van der Waals surface area (Å²) in [7, 11) is 0. The van der Waals surface area contributed by atoms with Gasteiger partial charge in [-0.15, -0.1) is 0 Å². The molecule has 0 amide bonds. The minimum Gasteiger partial charge on any atom is -0.436 e. The fourth-order valence-electron chi connectivity index (χ4n) is 1.32. The third-order valence-corrected chi connectivity index (χ3v) is 2.42. The van der Waals surface area contributed by atoms with E-state index >= 15 is 0 Å². The van der Waals surface area contributed by atoms with Crippen molar-refractivity contribution in [2.75, 3.05) is 5.73 Å². The van der Waals surface area contributed by atoms with Crippen molar-refractivity contribution in [1.29, 1.82) is 0 Å². The SMILES string of the molecule is Cc1ccc(Oc2nc(N)ncc2F)cc1C. The average molecular weight is 233 g/mol. The van der Waals surface area contributed by atoms with Gasteiger partial charge in [0.25, 0.3) is 5.88 Å². The van der Waals surface area contributed by atoms with Crippen molar-refractivity contribution in [1.82, 2.24) is 9.97 Å². The van der Waals surface area contributed by atoms with E-state index in [2.05, 4.69) is 9.97 Å². The summed E-state index contributed by atoms with van der Waals surface area (Å²) in [6.45, 7) is 3.94. The second-order valence-corrected chi connectivity index (χ2v) is 3.73. The molecule has 0 spiro atoms. The van der Waals surface area contributed by atoms with E-state index in [4.69, 9.17) is 10.5 Å². The highest BCUT2D eigenvalue weighted by molar-refractivity contribution is 5.36. The van der Waals surface area contributed by atoms with E-state index in [9.17, 15) is 4.39 Å². The quantitative estimate of drug-likeness (QED) is 0.866. The molecule has 1 heterocycles. The molecule has 2 N–H and O–H groups in total. The predicted octanol–water partition coefficient (Wildman–Crippen LogP) is 2.61. The zero-order valence-electron chi connectivity index (χ0n) is 9.57. The summed E-state index contributed by atoms with van der Waals surface area (Å²) < 4.78 is 18.6. The fraction of sp³-hybridized carbons (Fsp3) is 0.167. The first-order chi connectivity index (χ1) is 8.06. The molecular formula is C12H12FN3O. The van der Waals surface area contributed by atoms with Crippen LogP contribution in [0.1, 0.15) is 11.1 Å². The standard InChI is InChI=1S/C12H12FN3O/c1-7-3-4-9(5-8(7)2)17-11-10(13)6-15-12(14)16-11/h3-6H,1-2H3,(H2,14,15,16). The number of rotatable bonds is 2. The third kappa shape index (κ3) is 2.50. The Morgan fingerprint density at radius 1 is 1.24 bits per heavy atom. The number of hydrogen-bond donors (Lipinski definition) is 1. The summed E-state index contributed by atoms with van der Waals surface area (Å²) in [5, 5.41) is 0. The maximum absolute atomic E-state index is 13.3. The first-order valence-electron chi connectivity index (χ1n) is 5.09. The Balaban J connectivity index is 2.31. The van der Waals surface area contributed by atoms with Crippen LogP contribution < -0.4 is 10.5 Å². The van der Waals surface area contributed by atoms with Crippen LogP contribution in [-0.2, 0) is 0 Å². The smallest absolute Gasteiger partial charge is 0.260 e. The average Bonchev–Trinajstić information content (AvgIpc) is 2.29. The molecule has 0 atom stereocenters. The molecule has 0 radical (unpaired) electrons. The van der Waals surface area contributed by atoms with Gasteiger partial charge >= 0.3 is 0 Å². The number of nitrogen functional groups attached to an aromatic ring is 1. The Labute approximate surface area is 98.3 Å². The number of anilines is 1. The molecule has 0 saturated carbocycles. The second-order valence-electron chi connectivity index (χ2n) is 3.73. The van der Waals surface area contributed by atoms with Crippen LogP contribution in [0.3, 0.4) is 0 Å². The first kappa shape index (κ1) is 11.3. The van der Waals surface area contributed by atoms with Crippen molar-refractivity contribution in [3.63, 3.8) is 0 Å². The minimum atomic E-state index is -0.641. The number of benzene rings is 1. The lowest BCUT2D eigenvalue weighted by atomic mass is 10.1. The van der Waals surface area contributed by atoms with Gasteiger partial charge in [-0.2, -0.15) is 9.37 Å². The van der Waals surface area contributed by atoms with Crippen LogP contribution >= 0.6 is 0 Å². The molecule has 17 heavy (non-hydrogen) atoms. The highest BCUT2D eigenvalue weighted by atomic mass is 19.1. The van der Waals surface area contributed by atoms with E-state index in [-0.39, 0.29) is 11.8 Å². The van der Waals surface area contributed by atoms with E-state index in [0.29, 0.717) is 5.75 Å². The molecule has 1 aromatic carbocycles. The van der Waals surface area contributed by atoms with Crippen LogP contribution in [-0.4, -0.2) is 9.97 Å². The zero-order chi connectivity index (χ0) is 12.4.